The Morgan fingerprint density at radius 3 is 2.56 bits per heavy atom. The summed E-state index contributed by atoms with van der Waals surface area (Å²) in [5.41, 5.74) is 2.85. The SMILES string of the molecule is O=C(CCCc1cccs1)Nc1cccc(C(=O)Nc2cccc(Cn3cccn3)c2)c1. The molecule has 0 spiro atoms. The Kier molecular flexibility index (Phi) is 7.09. The number of carbonyl (C=O) groups excluding carboxylic acids is 2. The van der Waals surface area contributed by atoms with Crippen LogP contribution in [0, 0.1) is 0 Å². The lowest BCUT2D eigenvalue weighted by atomic mass is 10.1. The Hall–Kier alpha value is -3.71. The lowest BCUT2D eigenvalue weighted by Gasteiger charge is -2.10. The first-order valence-electron chi connectivity index (χ1n) is 10.5. The topological polar surface area (TPSA) is 76.0 Å². The molecule has 0 unspecified atom stereocenters. The van der Waals surface area contributed by atoms with Crippen LogP contribution in [0.1, 0.15) is 33.6 Å². The van der Waals surface area contributed by atoms with Gasteiger partial charge in [0.05, 0.1) is 6.54 Å². The van der Waals surface area contributed by atoms with Gasteiger partial charge in [-0.05, 0) is 66.2 Å². The summed E-state index contributed by atoms with van der Waals surface area (Å²) in [6, 6.07) is 20.6. The number of rotatable bonds is 9. The molecule has 0 aliphatic heterocycles. The van der Waals surface area contributed by atoms with E-state index in [0.29, 0.717) is 29.9 Å². The second kappa shape index (κ2) is 10.5. The summed E-state index contributed by atoms with van der Waals surface area (Å²) in [6.07, 6.45) is 5.76. The fraction of sp³-hybridized carbons (Fsp3) is 0.160. The third-order valence-corrected chi connectivity index (χ3v) is 5.84. The van der Waals surface area contributed by atoms with Crippen molar-refractivity contribution in [2.75, 3.05) is 10.6 Å². The second-order valence-electron chi connectivity index (χ2n) is 7.42. The van der Waals surface area contributed by atoms with Gasteiger partial charge in [0.2, 0.25) is 5.91 Å². The van der Waals surface area contributed by atoms with Gasteiger partial charge in [-0.25, -0.2) is 0 Å². The van der Waals surface area contributed by atoms with E-state index in [9.17, 15) is 9.59 Å². The predicted molar refractivity (Wildman–Crippen MR) is 128 cm³/mol. The van der Waals surface area contributed by atoms with Crippen LogP contribution in [-0.2, 0) is 17.8 Å². The van der Waals surface area contributed by atoms with E-state index in [1.807, 2.05) is 52.7 Å². The monoisotopic (exact) mass is 444 g/mol. The van der Waals surface area contributed by atoms with Crippen LogP contribution < -0.4 is 10.6 Å². The van der Waals surface area contributed by atoms with Gasteiger partial charge in [-0.3, -0.25) is 14.3 Å². The normalized spacial score (nSPS) is 10.6. The highest BCUT2D eigenvalue weighted by Crippen LogP contribution is 2.17. The average Bonchev–Trinajstić information content (AvgIpc) is 3.49. The van der Waals surface area contributed by atoms with Crippen LogP contribution in [0.15, 0.2) is 84.5 Å². The third-order valence-electron chi connectivity index (χ3n) is 4.90. The van der Waals surface area contributed by atoms with Crippen molar-refractivity contribution in [1.82, 2.24) is 9.78 Å². The molecule has 4 rings (SSSR count). The molecule has 2 N–H and O–H groups in total. The first-order valence-corrected chi connectivity index (χ1v) is 11.3. The fourth-order valence-corrected chi connectivity index (χ4v) is 4.12. The van der Waals surface area contributed by atoms with Gasteiger partial charge >= 0.3 is 0 Å². The van der Waals surface area contributed by atoms with Crippen LogP contribution >= 0.6 is 11.3 Å². The Morgan fingerprint density at radius 1 is 0.938 bits per heavy atom. The number of aryl methyl sites for hydroxylation is 1. The zero-order valence-corrected chi connectivity index (χ0v) is 18.3. The van der Waals surface area contributed by atoms with Crippen molar-refractivity contribution >= 4 is 34.5 Å². The van der Waals surface area contributed by atoms with E-state index in [1.165, 1.54) is 4.88 Å². The number of benzene rings is 2. The van der Waals surface area contributed by atoms with Gasteiger partial charge in [0.15, 0.2) is 0 Å². The number of nitrogens with zero attached hydrogens (tertiary/aromatic N) is 2. The van der Waals surface area contributed by atoms with Crippen LogP contribution in [0.4, 0.5) is 11.4 Å². The summed E-state index contributed by atoms with van der Waals surface area (Å²) in [4.78, 5) is 26.3. The number of aromatic nitrogens is 2. The molecule has 0 fully saturated rings. The van der Waals surface area contributed by atoms with Gasteiger partial charge in [0.1, 0.15) is 0 Å². The molecule has 0 saturated heterocycles. The molecule has 0 saturated carbocycles. The van der Waals surface area contributed by atoms with E-state index in [4.69, 9.17) is 0 Å². The highest BCUT2D eigenvalue weighted by Gasteiger charge is 2.09. The standard InChI is InChI=1S/C25H24N4O2S/c30-24(12-3-10-23-11-4-15-32-23)27-22-9-2-7-20(17-22)25(31)28-21-8-1-6-19(16-21)18-29-14-5-13-26-29/h1-2,4-9,11,13-17H,3,10,12,18H2,(H,27,30)(H,28,31). The van der Waals surface area contributed by atoms with Gasteiger partial charge in [-0.15, -0.1) is 11.3 Å². The molecule has 0 bridgehead atoms. The molecular formula is C25H24N4O2S. The first-order chi connectivity index (χ1) is 15.7. The van der Waals surface area contributed by atoms with Gasteiger partial charge in [-0.1, -0.05) is 24.3 Å². The van der Waals surface area contributed by atoms with Crippen LogP contribution in [0.2, 0.25) is 0 Å². The van der Waals surface area contributed by atoms with Crippen LogP contribution in [0.25, 0.3) is 0 Å². The maximum absolute atomic E-state index is 12.7. The summed E-state index contributed by atoms with van der Waals surface area (Å²) in [5.74, 6) is -0.277. The number of amides is 2. The molecule has 2 aromatic heterocycles. The summed E-state index contributed by atoms with van der Waals surface area (Å²) in [5, 5.41) is 12.1. The molecule has 0 aliphatic carbocycles. The Bertz CT molecular complexity index is 1170. The maximum atomic E-state index is 12.7. The predicted octanol–water partition coefficient (Wildman–Crippen LogP) is 5.21. The van der Waals surface area contributed by atoms with E-state index in [2.05, 4.69) is 21.8 Å². The molecule has 7 heteroatoms. The zero-order chi connectivity index (χ0) is 22.2. The van der Waals surface area contributed by atoms with Crippen molar-refractivity contribution in [3.8, 4) is 0 Å². The van der Waals surface area contributed by atoms with E-state index in [0.717, 1.165) is 18.4 Å². The minimum absolute atomic E-state index is 0.0505. The highest BCUT2D eigenvalue weighted by molar-refractivity contribution is 7.09. The van der Waals surface area contributed by atoms with Crippen LogP contribution in [-0.4, -0.2) is 21.6 Å². The summed E-state index contributed by atoms with van der Waals surface area (Å²) >= 11 is 1.71. The molecule has 0 atom stereocenters. The Balaban J connectivity index is 1.32. The molecule has 2 aromatic carbocycles. The van der Waals surface area contributed by atoms with E-state index < -0.39 is 0 Å². The molecule has 0 radical (unpaired) electrons. The molecule has 4 aromatic rings. The van der Waals surface area contributed by atoms with Crippen molar-refractivity contribution in [3.05, 3.63) is 101 Å². The molecule has 2 heterocycles. The quantitative estimate of drug-likeness (QED) is 0.372. The van der Waals surface area contributed by atoms with E-state index >= 15 is 0 Å². The minimum atomic E-state index is -0.227. The van der Waals surface area contributed by atoms with Gasteiger partial charge in [-0.2, -0.15) is 5.10 Å². The van der Waals surface area contributed by atoms with Gasteiger partial charge in [0.25, 0.3) is 5.91 Å². The summed E-state index contributed by atoms with van der Waals surface area (Å²) < 4.78 is 1.83. The smallest absolute Gasteiger partial charge is 0.255 e. The number of hydrogen-bond acceptors (Lipinski definition) is 4. The molecule has 2 amide bonds. The van der Waals surface area contributed by atoms with Crippen molar-refractivity contribution in [3.63, 3.8) is 0 Å². The van der Waals surface area contributed by atoms with Crippen LogP contribution in [0.3, 0.4) is 0 Å². The second-order valence-corrected chi connectivity index (χ2v) is 8.45. The molecule has 162 valence electrons. The lowest BCUT2D eigenvalue weighted by molar-refractivity contribution is -0.116. The van der Waals surface area contributed by atoms with Crippen molar-refractivity contribution < 1.29 is 9.59 Å². The largest absolute Gasteiger partial charge is 0.326 e. The number of carbonyl (C=O) groups is 2. The summed E-state index contributed by atoms with van der Waals surface area (Å²) in [6.45, 7) is 0.630. The third kappa shape index (κ3) is 6.15. The van der Waals surface area contributed by atoms with Gasteiger partial charge < -0.3 is 10.6 Å². The number of anilines is 2. The summed E-state index contributed by atoms with van der Waals surface area (Å²) in [7, 11) is 0. The molecule has 0 aliphatic rings. The number of thiophene rings is 1. The van der Waals surface area contributed by atoms with Gasteiger partial charge in [0, 0.05) is 40.6 Å². The number of nitrogens with one attached hydrogen (secondary N) is 2. The molecule has 32 heavy (non-hydrogen) atoms. The van der Waals surface area contributed by atoms with Crippen molar-refractivity contribution in [1.29, 1.82) is 0 Å². The Labute approximate surface area is 190 Å². The molecular weight excluding hydrogens is 420 g/mol. The van der Waals surface area contributed by atoms with Crippen molar-refractivity contribution in [2.24, 2.45) is 0 Å². The Morgan fingerprint density at radius 2 is 1.78 bits per heavy atom. The fourth-order valence-electron chi connectivity index (χ4n) is 3.37. The highest BCUT2D eigenvalue weighted by atomic mass is 32.1. The lowest BCUT2D eigenvalue weighted by Crippen LogP contribution is -2.14. The maximum Gasteiger partial charge on any atom is 0.255 e. The van der Waals surface area contributed by atoms with Crippen molar-refractivity contribution in [2.45, 2.75) is 25.8 Å². The first kappa shape index (κ1) is 21.5. The minimum Gasteiger partial charge on any atom is -0.326 e. The zero-order valence-electron chi connectivity index (χ0n) is 17.5. The molecule has 6 nitrogen and oxygen atoms in total. The van der Waals surface area contributed by atoms with E-state index in [-0.39, 0.29) is 11.8 Å². The van der Waals surface area contributed by atoms with E-state index in [1.54, 1.807) is 41.8 Å². The number of hydrogen-bond donors (Lipinski definition) is 2. The average molecular weight is 445 g/mol. The van der Waals surface area contributed by atoms with Crippen LogP contribution in [0.5, 0.6) is 0 Å².